The largest absolute Gasteiger partial charge is 0.320 e. The lowest BCUT2D eigenvalue weighted by Gasteiger charge is -2.13. The first-order valence-electron chi connectivity index (χ1n) is 6.71. The molecule has 3 aromatic rings. The lowest BCUT2D eigenvalue weighted by atomic mass is 10.1. The summed E-state index contributed by atoms with van der Waals surface area (Å²) in [6, 6.07) is 8.89. The van der Waals surface area contributed by atoms with Crippen molar-refractivity contribution in [3.8, 4) is 0 Å². The fraction of sp³-hybridized carbons (Fsp3) is 0.333. The van der Waals surface area contributed by atoms with Gasteiger partial charge in [-0.15, -0.1) is 21.5 Å². The molecule has 5 heteroatoms. The molecule has 1 atom stereocenters. The van der Waals surface area contributed by atoms with Gasteiger partial charge >= 0.3 is 0 Å². The number of aryl methyl sites for hydroxylation is 2. The Kier molecular flexibility index (Phi) is 3.54. The van der Waals surface area contributed by atoms with Gasteiger partial charge in [0.25, 0.3) is 0 Å². The van der Waals surface area contributed by atoms with Crippen LogP contribution in [0.1, 0.15) is 29.2 Å². The zero-order valence-corrected chi connectivity index (χ0v) is 12.7. The van der Waals surface area contributed by atoms with Crippen molar-refractivity contribution in [1.29, 1.82) is 0 Å². The minimum atomic E-state index is 0.309. The standard InChI is InChI=1S/C15H18N4S/c1-10-12-6-4-5-7-13(12)20-15(10)11(2)16-8-14-18-17-9-19(14)3/h4-7,9,11,16H,8H2,1-3H3. The quantitative estimate of drug-likeness (QED) is 0.801. The van der Waals surface area contributed by atoms with Gasteiger partial charge in [0.2, 0.25) is 0 Å². The van der Waals surface area contributed by atoms with E-state index in [0.717, 1.165) is 12.4 Å². The fourth-order valence-electron chi connectivity index (χ4n) is 2.41. The smallest absolute Gasteiger partial charge is 0.146 e. The molecule has 20 heavy (non-hydrogen) atoms. The normalized spacial score (nSPS) is 12.9. The van der Waals surface area contributed by atoms with E-state index in [9.17, 15) is 0 Å². The number of rotatable bonds is 4. The average Bonchev–Trinajstić information content (AvgIpc) is 3.01. The highest BCUT2D eigenvalue weighted by molar-refractivity contribution is 7.19. The van der Waals surface area contributed by atoms with Crippen molar-refractivity contribution in [2.75, 3.05) is 0 Å². The molecule has 0 bridgehead atoms. The van der Waals surface area contributed by atoms with E-state index >= 15 is 0 Å². The van der Waals surface area contributed by atoms with E-state index in [0.29, 0.717) is 6.04 Å². The van der Waals surface area contributed by atoms with Crippen LogP contribution in [0.25, 0.3) is 10.1 Å². The molecular formula is C15H18N4S. The molecule has 2 heterocycles. The predicted molar refractivity (Wildman–Crippen MR) is 82.8 cm³/mol. The Morgan fingerprint density at radius 1 is 1.35 bits per heavy atom. The van der Waals surface area contributed by atoms with Crippen molar-refractivity contribution in [3.63, 3.8) is 0 Å². The van der Waals surface area contributed by atoms with Gasteiger partial charge < -0.3 is 9.88 Å². The molecule has 2 aromatic heterocycles. The van der Waals surface area contributed by atoms with Gasteiger partial charge in [0.05, 0.1) is 6.54 Å². The number of nitrogens with zero attached hydrogens (tertiary/aromatic N) is 3. The summed E-state index contributed by atoms with van der Waals surface area (Å²) in [6.45, 7) is 5.13. The highest BCUT2D eigenvalue weighted by Gasteiger charge is 2.14. The van der Waals surface area contributed by atoms with E-state index in [1.165, 1.54) is 20.5 Å². The first-order chi connectivity index (χ1) is 9.66. The van der Waals surface area contributed by atoms with Crippen LogP contribution in [0.2, 0.25) is 0 Å². The zero-order chi connectivity index (χ0) is 14.1. The lowest BCUT2D eigenvalue weighted by molar-refractivity contribution is 0.553. The Balaban J connectivity index is 1.80. The summed E-state index contributed by atoms with van der Waals surface area (Å²) >= 11 is 1.87. The molecule has 0 fully saturated rings. The number of benzene rings is 1. The number of hydrogen-bond donors (Lipinski definition) is 1. The van der Waals surface area contributed by atoms with E-state index in [1.807, 2.05) is 23.0 Å². The number of aromatic nitrogens is 3. The van der Waals surface area contributed by atoms with Gasteiger partial charge in [0.15, 0.2) is 0 Å². The average molecular weight is 286 g/mol. The molecule has 1 unspecified atom stereocenters. The number of hydrogen-bond acceptors (Lipinski definition) is 4. The van der Waals surface area contributed by atoms with Gasteiger partial charge in [0, 0.05) is 22.7 Å². The second-order valence-electron chi connectivity index (χ2n) is 5.05. The van der Waals surface area contributed by atoms with Gasteiger partial charge in [-0.05, 0) is 30.9 Å². The van der Waals surface area contributed by atoms with Crippen LogP contribution in [0.5, 0.6) is 0 Å². The maximum absolute atomic E-state index is 4.10. The van der Waals surface area contributed by atoms with E-state index in [1.54, 1.807) is 6.33 Å². The minimum absolute atomic E-state index is 0.309. The Bertz CT molecular complexity index is 728. The molecule has 0 amide bonds. The van der Waals surface area contributed by atoms with Crippen LogP contribution in [-0.2, 0) is 13.6 Å². The molecule has 1 aromatic carbocycles. The van der Waals surface area contributed by atoms with Crippen LogP contribution in [0, 0.1) is 6.92 Å². The van der Waals surface area contributed by atoms with Gasteiger partial charge in [-0.2, -0.15) is 0 Å². The van der Waals surface area contributed by atoms with Gasteiger partial charge in [-0.1, -0.05) is 18.2 Å². The molecule has 4 nitrogen and oxygen atoms in total. The van der Waals surface area contributed by atoms with Crippen molar-refractivity contribution in [2.45, 2.75) is 26.4 Å². The van der Waals surface area contributed by atoms with Gasteiger partial charge in [-0.25, -0.2) is 0 Å². The second kappa shape index (κ2) is 5.34. The summed E-state index contributed by atoms with van der Waals surface area (Å²) in [7, 11) is 1.96. The molecule has 0 spiro atoms. The monoisotopic (exact) mass is 286 g/mol. The molecule has 1 N–H and O–H groups in total. The maximum atomic E-state index is 4.10. The number of nitrogens with one attached hydrogen (secondary N) is 1. The van der Waals surface area contributed by atoms with Crippen LogP contribution in [0.15, 0.2) is 30.6 Å². The number of fused-ring (bicyclic) bond motifs is 1. The van der Waals surface area contributed by atoms with E-state index < -0.39 is 0 Å². The predicted octanol–water partition coefficient (Wildman–Crippen LogP) is 3.19. The molecule has 0 saturated carbocycles. The molecule has 0 saturated heterocycles. The van der Waals surface area contributed by atoms with E-state index in [2.05, 4.69) is 53.6 Å². The molecule has 0 radical (unpaired) electrons. The molecular weight excluding hydrogens is 268 g/mol. The number of thiophene rings is 1. The Hall–Kier alpha value is -1.72. The molecule has 104 valence electrons. The third-order valence-corrected chi connectivity index (χ3v) is 5.10. The van der Waals surface area contributed by atoms with Crippen molar-refractivity contribution < 1.29 is 0 Å². The summed E-state index contributed by atoms with van der Waals surface area (Å²) in [4.78, 5) is 1.40. The molecule has 3 rings (SSSR count). The zero-order valence-electron chi connectivity index (χ0n) is 11.9. The fourth-order valence-corrected chi connectivity index (χ4v) is 3.65. The molecule has 0 aliphatic rings. The molecule has 0 aliphatic heterocycles. The summed E-state index contributed by atoms with van der Waals surface area (Å²) in [6.07, 6.45) is 1.73. The van der Waals surface area contributed by atoms with Crippen LogP contribution >= 0.6 is 11.3 Å². The van der Waals surface area contributed by atoms with Crippen LogP contribution in [-0.4, -0.2) is 14.8 Å². The van der Waals surface area contributed by atoms with Gasteiger partial charge in [0.1, 0.15) is 12.2 Å². The topological polar surface area (TPSA) is 42.7 Å². The SMILES string of the molecule is Cc1c(C(C)NCc2nncn2C)sc2ccccc12. The minimum Gasteiger partial charge on any atom is -0.320 e. The third kappa shape index (κ3) is 2.34. The highest BCUT2D eigenvalue weighted by atomic mass is 32.1. The Morgan fingerprint density at radius 3 is 2.85 bits per heavy atom. The van der Waals surface area contributed by atoms with Crippen molar-refractivity contribution in [2.24, 2.45) is 7.05 Å². The van der Waals surface area contributed by atoms with Crippen LogP contribution < -0.4 is 5.32 Å². The van der Waals surface area contributed by atoms with Crippen molar-refractivity contribution in [3.05, 3.63) is 46.9 Å². The first kappa shape index (κ1) is 13.3. The van der Waals surface area contributed by atoms with Crippen LogP contribution in [0.3, 0.4) is 0 Å². The third-order valence-electron chi connectivity index (χ3n) is 3.65. The Labute approximate surface area is 122 Å². The van der Waals surface area contributed by atoms with Crippen molar-refractivity contribution >= 4 is 21.4 Å². The van der Waals surface area contributed by atoms with Crippen molar-refractivity contribution in [1.82, 2.24) is 20.1 Å². The summed E-state index contributed by atoms with van der Waals surface area (Å²) < 4.78 is 3.30. The summed E-state index contributed by atoms with van der Waals surface area (Å²) in [5, 5.41) is 12.9. The lowest BCUT2D eigenvalue weighted by Crippen LogP contribution is -2.20. The first-order valence-corrected chi connectivity index (χ1v) is 7.52. The van der Waals surface area contributed by atoms with Crippen LogP contribution in [0.4, 0.5) is 0 Å². The second-order valence-corrected chi connectivity index (χ2v) is 6.13. The van der Waals surface area contributed by atoms with E-state index in [-0.39, 0.29) is 0 Å². The molecule has 0 aliphatic carbocycles. The highest BCUT2D eigenvalue weighted by Crippen LogP contribution is 2.34. The Morgan fingerprint density at radius 2 is 2.15 bits per heavy atom. The van der Waals surface area contributed by atoms with E-state index in [4.69, 9.17) is 0 Å². The maximum Gasteiger partial charge on any atom is 0.146 e. The summed E-state index contributed by atoms with van der Waals surface area (Å²) in [5.41, 5.74) is 1.38. The van der Waals surface area contributed by atoms with Gasteiger partial charge in [-0.3, -0.25) is 0 Å². The summed E-state index contributed by atoms with van der Waals surface area (Å²) in [5.74, 6) is 0.954.